The fraction of sp³-hybridized carbons (Fsp3) is 0.200. The van der Waals surface area contributed by atoms with Crippen molar-refractivity contribution in [2.75, 3.05) is 5.73 Å². The normalized spacial score (nSPS) is 10.3. The lowest BCUT2D eigenvalue weighted by Gasteiger charge is -1.96. The van der Waals surface area contributed by atoms with Gasteiger partial charge in [-0.3, -0.25) is 0 Å². The summed E-state index contributed by atoms with van der Waals surface area (Å²) in [7, 11) is 1.87. The van der Waals surface area contributed by atoms with Crippen LogP contribution in [0.3, 0.4) is 0 Å². The number of hydrogen-bond acceptors (Lipinski definition) is 3. The number of benzene rings is 1. The molecule has 70 valence electrons. The van der Waals surface area contributed by atoms with Gasteiger partial charge in [-0.05, 0) is 17.7 Å². The van der Waals surface area contributed by atoms with Crippen LogP contribution in [0.1, 0.15) is 5.56 Å². The van der Waals surface area contributed by atoms with Crippen LogP contribution in [0.15, 0.2) is 18.2 Å². The predicted octanol–water partition coefficient (Wildman–Crippen LogP) is 1.22. The maximum absolute atomic E-state index is 8.55. The van der Waals surface area contributed by atoms with Gasteiger partial charge in [0.15, 0.2) is 0 Å². The molecule has 2 rings (SSSR count). The van der Waals surface area contributed by atoms with E-state index < -0.39 is 0 Å². The second kappa shape index (κ2) is 3.04. The zero-order chi connectivity index (χ0) is 10.1. The highest BCUT2D eigenvalue weighted by atomic mass is 15.1. The number of nitrogen functional groups attached to an aromatic ring is 1. The van der Waals surface area contributed by atoms with Crippen LogP contribution < -0.4 is 5.73 Å². The average Bonchev–Trinajstić information content (AvgIpc) is 2.43. The zero-order valence-electron chi connectivity index (χ0n) is 7.86. The first-order valence-electron chi connectivity index (χ1n) is 4.30. The Kier molecular flexibility index (Phi) is 1.86. The molecular weight excluding hydrogens is 176 g/mol. The Balaban J connectivity index is 2.63. The molecule has 2 aromatic rings. The highest BCUT2D eigenvalue weighted by molar-refractivity contribution is 5.79. The number of fused-ring (bicyclic) bond motifs is 1. The Labute approximate surface area is 81.6 Å². The van der Waals surface area contributed by atoms with Crippen molar-refractivity contribution in [2.24, 2.45) is 7.05 Å². The van der Waals surface area contributed by atoms with Crippen molar-refractivity contribution in [1.29, 1.82) is 5.26 Å². The van der Waals surface area contributed by atoms with Crippen LogP contribution in [-0.4, -0.2) is 9.55 Å². The summed E-state index contributed by atoms with van der Waals surface area (Å²) in [5, 5.41) is 8.55. The number of aryl methyl sites for hydroxylation is 1. The predicted molar refractivity (Wildman–Crippen MR) is 54.4 cm³/mol. The number of nitrogens with two attached hydrogens (primary N) is 1. The topological polar surface area (TPSA) is 67.6 Å². The van der Waals surface area contributed by atoms with Crippen molar-refractivity contribution in [1.82, 2.24) is 9.55 Å². The third-order valence-corrected chi connectivity index (χ3v) is 2.26. The molecule has 0 amide bonds. The first-order valence-corrected chi connectivity index (χ1v) is 4.30. The summed E-state index contributed by atoms with van der Waals surface area (Å²) in [5.74, 6) is 0.495. The molecule has 4 nitrogen and oxygen atoms in total. The second-order valence-corrected chi connectivity index (χ2v) is 3.19. The summed E-state index contributed by atoms with van der Waals surface area (Å²) in [4.78, 5) is 4.19. The molecular formula is C10H10N4. The minimum atomic E-state index is 0.409. The summed E-state index contributed by atoms with van der Waals surface area (Å²) >= 11 is 0. The number of imidazole rings is 1. The first kappa shape index (κ1) is 8.57. The lowest BCUT2D eigenvalue weighted by molar-refractivity contribution is 0.965. The van der Waals surface area contributed by atoms with Gasteiger partial charge in [-0.2, -0.15) is 5.26 Å². The summed E-state index contributed by atoms with van der Waals surface area (Å²) < 4.78 is 1.82. The van der Waals surface area contributed by atoms with E-state index in [1.165, 1.54) is 0 Å². The van der Waals surface area contributed by atoms with Gasteiger partial charge >= 0.3 is 0 Å². The van der Waals surface area contributed by atoms with Gasteiger partial charge in [0.1, 0.15) is 0 Å². The van der Waals surface area contributed by atoms with Crippen LogP contribution in [0.25, 0.3) is 11.0 Å². The smallest absolute Gasteiger partial charge is 0.200 e. The van der Waals surface area contributed by atoms with Crippen LogP contribution in [0.4, 0.5) is 5.95 Å². The SMILES string of the molecule is Cn1c(N)nc2cc(CC#N)ccc21. The van der Waals surface area contributed by atoms with E-state index in [1.54, 1.807) is 0 Å². The van der Waals surface area contributed by atoms with Crippen molar-refractivity contribution < 1.29 is 0 Å². The van der Waals surface area contributed by atoms with Crippen LogP contribution in [0, 0.1) is 11.3 Å². The highest BCUT2D eigenvalue weighted by Gasteiger charge is 2.04. The molecule has 0 aliphatic heterocycles. The number of nitrogens with zero attached hydrogens (tertiary/aromatic N) is 3. The zero-order valence-corrected chi connectivity index (χ0v) is 7.86. The minimum Gasteiger partial charge on any atom is -0.369 e. The van der Waals surface area contributed by atoms with Crippen LogP contribution in [-0.2, 0) is 13.5 Å². The molecule has 0 radical (unpaired) electrons. The molecule has 0 aliphatic carbocycles. The van der Waals surface area contributed by atoms with Crippen molar-refractivity contribution >= 4 is 17.0 Å². The van der Waals surface area contributed by atoms with E-state index in [9.17, 15) is 0 Å². The number of rotatable bonds is 1. The fourth-order valence-corrected chi connectivity index (χ4v) is 1.47. The molecule has 0 saturated heterocycles. The molecule has 14 heavy (non-hydrogen) atoms. The van der Waals surface area contributed by atoms with Crippen molar-refractivity contribution in [3.8, 4) is 6.07 Å². The van der Waals surface area contributed by atoms with E-state index in [4.69, 9.17) is 11.0 Å². The first-order chi connectivity index (χ1) is 6.72. The van der Waals surface area contributed by atoms with Gasteiger partial charge in [-0.15, -0.1) is 0 Å². The monoisotopic (exact) mass is 186 g/mol. The minimum absolute atomic E-state index is 0.409. The third-order valence-electron chi connectivity index (χ3n) is 2.26. The largest absolute Gasteiger partial charge is 0.369 e. The molecule has 0 saturated carbocycles. The Bertz CT molecular complexity index is 519. The average molecular weight is 186 g/mol. The molecule has 1 aromatic carbocycles. The van der Waals surface area contributed by atoms with Crippen molar-refractivity contribution in [2.45, 2.75) is 6.42 Å². The van der Waals surface area contributed by atoms with Gasteiger partial charge in [-0.1, -0.05) is 6.07 Å². The Morgan fingerprint density at radius 1 is 1.57 bits per heavy atom. The molecule has 0 spiro atoms. The number of anilines is 1. The highest BCUT2D eigenvalue weighted by Crippen LogP contribution is 2.17. The molecule has 1 heterocycles. The maximum Gasteiger partial charge on any atom is 0.200 e. The van der Waals surface area contributed by atoms with E-state index in [2.05, 4.69) is 11.1 Å². The lowest BCUT2D eigenvalue weighted by Crippen LogP contribution is -1.95. The van der Waals surface area contributed by atoms with Gasteiger partial charge in [0.2, 0.25) is 5.95 Å². The van der Waals surface area contributed by atoms with Gasteiger partial charge in [0.25, 0.3) is 0 Å². The van der Waals surface area contributed by atoms with Crippen LogP contribution in [0.5, 0.6) is 0 Å². The number of hydrogen-bond donors (Lipinski definition) is 1. The molecule has 2 N–H and O–H groups in total. The summed E-state index contributed by atoms with van der Waals surface area (Å²) in [6.07, 6.45) is 0.409. The maximum atomic E-state index is 8.55. The second-order valence-electron chi connectivity index (χ2n) is 3.19. The van der Waals surface area contributed by atoms with Gasteiger partial charge in [-0.25, -0.2) is 4.98 Å². The molecule has 0 unspecified atom stereocenters. The third kappa shape index (κ3) is 1.19. The molecule has 0 fully saturated rings. The Morgan fingerprint density at radius 2 is 2.36 bits per heavy atom. The summed E-state index contributed by atoms with van der Waals surface area (Å²) in [5.41, 5.74) is 8.47. The molecule has 4 heteroatoms. The number of aromatic nitrogens is 2. The van der Waals surface area contributed by atoms with Gasteiger partial charge in [0, 0.05) is 7.05 Å². The van der Waals surface area contributed by atoms with Crippen LogP contribution in [0.2, 0.25) is 0 Å². The van der Waals surface area contributed by atoms with E-state index in [-0.39, 0.29) is 0 Å². The van der Waals surface area contributed by atoms with Crippen molar-refractivity contribution in [3.05, 3.63) is 23.8 Å². The fourth-order valence-electron chi connectivity index (χ4n) is 1.47. The molecule has 0 atom stereocenters. The van der Waals surface area contributed by atoms with Crippen LogP contribution >= 0.6 is 0 Å². The van der Waals surface area contributed by atoms with E-state index in [1.807, 2.05) is 29.8 Å². The summed E-state index contributed by atoms with van der Waals surface area (Å²) in [6, 6.07) is 7.86. The summed E-state index contributed by atoms with van der Waals surface area (Å²) in [6.45, 7) is 0. The van der Waals surface area contributed by atoms with E-state index in [0.717, 1.165) is 16.6 Å². The van der Waals surface area contributed by atoms with Gasteiger partial charge < -0.3 is 10.3 Å². The van der Waals surface area contributed by atoms with Crippen molar-refractivity contribution in [3.63, 3.8) is 0 Å². The Morgan fingerprint density at radius 3 is 3.07 bits per heavy atom. The molecule has 1 aromatic heterocycles. The lowest BCUT2D eigenvalue weighted by atomic mass is 10.1. The molecule has 0 aliphatic rings. The van der Waals surface area contributed by atoms with E-state index >= 15 is 0 Å². The quantitative estimate of drug-likeness (QED) is 0.728. The Hall–Kier alpha value is -2.02. The number of nitriles is 1. The van der Waals surface area contributed by atoms with E-state index in [0.29, 0.717) is 12.4 Å². The molecule has 0 bridgehead atoms. The van der Waals surface area contributed by atoms with Gasteiger partial charge in [0.05, 0.1) is 23.5 Å². The standard InChI is InChI=1S/C10H10N4/c1-14-9-3-2-7(4-5-11)6-8(9)13-10(14)12/h2-3,6H,4H2,1H3,(H2,12,13).